The number of carbonyl (C=O) groups excluding carboxylic acids is 2. The molecule has 30 heavy (non-hydrogen) atoms. The lowest BCUT2D eigenvalue weighted by Gasteiger charge is -2.37. The van der Waals surface area contributed by atoms with Gasteiger partial charge in [-0.1, -0.05) is 13.8 Å². The van der Waals surface area contributed by atoms with Crippen LogP contribution in [0.1, 0.15) is 44.4 Å². The first-order chi connectivity index (χ1) is 14.2. The third-order valence-corrected chi connectivity index (χ3v) is 5.83. The molecule has 1 N–H and O–H groups in total. The number of hydrogen-bond donors (Lipinski definition) is 1. The van der Waals surface area contributed by atoms with Crippen LogP contribution in [0.25, 0.3) is 0 Å². The fourth-order valence-corrected chi connectivity index (χ4v) is 3.56. The molecule has 1 aliphatic rings. The van der Waals surface area contributed by atoms with Crippen molar-refractivity contribution in [3.05, 3.63) is 23.3 Å². The first kappa shape index (κ1) is 23.5. The maximum atomic E-state index is 12.8. The zero-order chi connectivity index (χ0) is 22.5. The number of nitrogens with zero attached hydrogens (tertiary/aromatic N) is 2. The van der Waals surface area contributed by atoms with Gasteiger partial charge < -0.3 is 19.5 Å². The minimum absolute atomic E-state index is 0.0453. The van der Waals surface area contributed by atoms with Crippen molar-refractivity contribution >= 4 is 11.9 Å². The number of benzene rings is 1. The molecular formula is C22H31N3O5. The number of nitrogens with one attached hydrogen (secondary N) is 1. The van der Waals surface area contributed by atoms with Crippen LogP contribution in [-0.2, 0) is 20.7 Å². The van der Waals surface area contributed by atoms with E-state index in [0.717, 1.165) is 11.1 Å². The summed E-state index contributed by atoms with van der Waals surface area (Å²) < 4.78 is 15.7. The van der Waals surface area contributed by atoms with Crippen molar-refractivity contribution in [1.29, 1.82) is 5.26 Å². The molecule has 164 valence electrons. The molecule has 0 fully saturated rings. The van der Waals surface area contributed by atoms with E-state index < -0.39 is 5.54 Å². The summed E-state index contributed by atoms with van der Waals surface area (Å²) in [5.74, 6) is 0.523. The van der Waals surface area contributed by atoms with Crippen molar-refractivity contribution in [3.63, 3.8) is 0 Å². The monoisotopic (exact) mass is 417 g/mol. The molecule has 0 aromatic heterocycles. The second-order valence-corrected chi connectivity index (χ2v) is 7.94. The first-order valence-electron chi connectivity index (χ1n) is 9.97. The van der Waals surface area contributed by atoms with Crippen LogP contribution in [0.5, 0.6) is 11.5 Å². The van der Waals surface area contributed by atoms with Crippen LogP contribution >= 0.6 is 0 Å². The Hall–Kier alpha value is -2.79. The number of amides is 1. The minimum atomic E-state index is -0.959. The number of ether oxygens (including phenoxy) is 3. The molecule has 0 spiro atoms. The highest BCUT2D eigenvalue weighted by atomic mass is 16.5. The van der Waals surface area contributed by atoms with E-state index in [0.29, 0.717) is 24.5 Å². The fraction of sp³-hybridized carbons (Fsp3) is 0.591. The highest BCUT2D eigenvalue weighted by Crippen LogP contribution is 2.39. The van der Waals surface area contributed by atoms with Crippen molar-refractivity contribution in [3.8, 4) is 17.6 Å². The third-order valence-electron chi connectivity index (χ3n) is 5.83. The molecular weight excluding hydrogens is 386 g/mol. The van der Waals surface area contributed by atoms with Gasteiger partial charge in [-0.15, -0.1) is 0 Å². The van der Waals surface area contributed by atoms with Crippen LogP contribution in [0.4, 0.5) is 0 Å². The summed E-state index contributed by atoms with van der Waals surface area (Å²) in [4.78, 5) is 26.8. The molecule has 0 unspecified atom stereocenters. The number of fused-ring (bicyclic) bond motifs is 1. The minimum Gasteiger partial charge on any atom is -0.493 e. The Morgan fingerprint density at radius 1 is 1.27 bits per heavy atom. The Bertz CT molecular complexity index is 833. The summed E-state index contributed by atoms with van der Waals surface area (Å²) in [7, 11) is 4.48. The lowest BCUT2D eigenvalue weighted by molar-refractivity contribution is -0.142. The predicted molar refractivity (Wildman–Crippen MR) is 111 cm³/mol. The Kier molecular flexibility index (Phi) is 7.68. The van der Waals surface area contributed by atoms with E-state index in [1.165, 1.54) is 7.11 Å². The maximum absolute atomic E-state index is 12.8. The molecule has 1 aromatic carbocycles. The largest absolute Gasteiger partial charge is 0.493 e. The van der Waals surface area contributed by atoms with Crippen LogP contribution in [0.3, 0.4) is 0 Å². The Morgan fingerprint density at radius 2 is 1.90 bits per heavy atom. The van der Waals surface area contributed by atoms with E-state index >= 15 is 0 Å². The quantitative estimate of drug-likeness (QED) is 0.647. The highest BCUT2D eigenvalue weighted by molar-refractivity contribution is 5.79. The molecule has 8 nitrogen and oxygen atoms in total. The predicted octanol–water partition coefficient (Wildman–Crippen LogP) is 2.22. The highest BCUT2D eigenvalue weighted by Gasteiger charge is 2.35. The van der Waals surface area contributed by atoms with Crippen molar-refractivity contribution in [1.82, 2.24) is 10.2 Å². The number of rotatable bonds is 8. The second-order valence-electron chi connectivity index (χ2n) is 7.94. The van der Waals surface area contributed by atoms with E-state index in [9.17, 15) is 14.9 Å². The summed E-state index contributed by atoms with van der Waals surface area (Å²) in [6, 6.07) is 5.62. The standard InChI is InChI=1S/C22H31N3O5/c1-14(2)22(3,13-23)24-20(26)12-25-8-7-15-9-18(28-4)19(29-5)10-16(15)17(25)11-21(27)30-6/h9-10,14,17H,7-8,11-12H2,1-6H3,(H,24,26)/t17-,22-/m0/s1. The van der Waals surface area contributed by atoms with Gasteiger partial charge >= 0.3 is 5.97 Å². The van der Waals surface area contributed by atoms with Gasteiger partial charge in [0.1, 0.15) is 5.54 Å². The van der Waals surface area contributed by atoms with Crippen LogP contribution in [-0.4, -0.2) is 56.7 Å². The molecule has 1 aliphatic heterocycles. The summed E-state index contributed by atoms with van der Waals surface area (Å²) >= 11 is 0. The molecule has 1 amide bonds. The number of methoxy groups -OCH3 is 3. The molecule has 0 bridgehead atoms. The van der Waals surface area contributed by atoms with E-state index in [4.69, 9.17) is 14.2 Å². The molecule has 0 aliphatic carbocycles. The van der Waals surface area contributed by atoms with Crippen molar-refractivity contribution in [2.24, 2.45) is 5.92 Å². The van der Waals surface area contributed by atoms with Crippen molar-refractivity contribution in [2.75, 3.05) is 34.4 Å². The summed E-state index contributed by atoms with van der Waals surface area (Å²) in [6.45, 7) is 6.15. The molecule has 2 rings (SSSR count). The van der Waals surface area contributed by atoms with Crippen LogP contribution in [0.15, 0.2) is 12.1 Å². The lowest BCUT2D eigenvalue weighted by atomic mass is 9.89. The molecule has 0 saturated carbocycles. The zero-order valence-corrected chi connectivity index (χ0v) is 18.6. The third kappa shape index (κ3) is 5.03. The molecule has 0 saturated heterocycles. The van der Waals surface area contributed by atoms with Gasteiger partial charge in [0.2, 0.25) is 5.91 Å². The van der Waals surface area contributed by atoms with Gasteiger partial charge in [-0.25, -0.2) is 0 Å². The molecule has 1 aromatic rings. The second kappa shape index (κ2) is 9.81. The van der Waals surface area contributed by atoms with Gasteiger partial charge in [0, 0.05) is 12.6 Å². The van der Waals surface area contributed by atoms with Gasteiger partial charge in [-0.3, -0.25) is 14.5 Å². The summed E-state index contributed by atoms with van der Waals surface area (Å²) in [5, 5.41) is 12.3. The molecule has 2 atom stereocenters. The first-order valence-corrected chi connectivity index (χ1v) is 9.97. The van der Waals surface area contributed by atoms with Gasteiger partial charge in [0.05, 0.1) is 40.4 Å². The van der Waals surface area contributed by atoms with Crippen LogP contribution < -0.4 is 14.8 Å². The molecule has 8 heteroatoms. The average Bonchev–Trinajstić information content (AvgIpc) is 2.73. The fourth-order valence-electron chi connectivity index (χ4n) is 3.56. The molecule has 0 radical (unpaired) electrons. The Labute approximate surface area is 178 Å². The average molecular weight is 418 g/mol. The summed E-state index contributed by atoms with van der Waals surface area (Å²) in [5.41, 5.74) is 0.991. The van der Waals surface area contributed by atoms with Gasteiger partial charge in [-0.2, -0.15) is 5.26 Å². The normalized spacial score (nSPS) is 18.0. The van der Waals surface area contributed by atoms with Crippen LogP contribution in [0, 0.1) is 17.2 Å². The van der Waals surface area contributed by atoms with Gasteiger partial charge in [0.15, 0.2) is 11.5 Å². The number of esters is 1. The number of carbonyl (C=O) groups is 2. The number of nitriles is 1. The van der Waals surface area contributed by atoms with Crippen molar-refractivity contribution < 1.29 is 23.8 Å². The SMILES string of the molecule is COC(=O)C[C@H]1c2cc(OC)c(OC)cc2CCN1CC(=O)N[C@@](C)(C#N)C(C)C. The molecule has 1 heterocycles. The van der Waals surface area contributed by atoms with E-state index in [-0.39, 0.29) is 36.8 Å². The zero-order valence-electron chi connectivity index (χ0n) is 18.6. The van der Waals surface area contributed by atoms with Crippen molar-refractivity contribution in [2.45, 2.75) is 45.2 Å². The Balaban J connectivity index is 2.33. The topological polar surface area (TPSA) is 101 Å². The Morgan fingerprint density at radius 3 is 2.43 bits per heavy atom. The van der Waals surface area contributed by atoms with Gasteiger partial charge in [0.25, 0.3) is 0 Å². The van der Waals surface area contributed by atoms with E-state index in [1.54, 1.807) is 21.1 Å². The van der Waals surface area contributed by atoms with E-state index in [2.05, 4.69) is 11.4 Å². The number of hydrogen-bond acceptors (Lipinski definition) is 7. The van der Waals surface area contributed by atoms with Crippen LogP contribution in [0.2, 0.25) is 0 Å². The summed E-state index contributed by atoms with van der Waals surface area (Å²) in [6.07, 6.45) is 0.798. The maximum Gasteiger partial charge on any atom is 0.307 e. The van der Waals surface area contributed by atoms with E-state index in [1.807, 2.05) is 30.9 Å². The lowest BCUT2D eigenvalue weighted by Crippen LogP contribution is -2.52. The van der Waals surface area contributed by atoms with Gasteiger partial charge in [-0.05, 0) is 42.5 Å². The smallest absolute Gasteiger partial charge is 0.307 e.